The lowest BCUT2D eigenvalue weighted by Gasteiger charge is -2.35. The maximum Gasteiger partial charge on any atom is 0.504 e. The third-order valence-corrected chi connectivity index (χ3v) is 11.0. The van der Waals surface area contributed by atoms with Gasteiger partial charge in [-0.25, -0.2) is 0 Å². The largest absolute Gasteiger partial charge is 0.504 e. The van der Waals surface area contributed by atoms with Crippen LogP contribution < -0.4 is 9.55 Å². The second kappa shape index (κ2) is 10.7. The summed E-state index contributed by atoms with van der Waals surface area (Å²) in [6, 6.07) is 4.86. The second-order valence-electron chi connectivity index (χ2n) is 13.1. The van der Waals surface area contributed by atoms with Crippen LogP contribution in [-0.4, -0.2) is 40.7 Å². The van der Waals surface area contributed by atoms with Crippen molar-refractivity contribution in [3.63, 3.8) is 0 Å². The molecular formula is C29H44B2O4S2. The summed E-state index contributed by atoms with van der Waals surface area (Å²) >= 11 is 3.76. The van der Waals surface area contributed by atoms with Gasteiger partial charge in [0.1, 0.15) is 0 Å². The highest BCUT2D eigenvalue weighted by Gasteiger charge is 2.48. The summed E-state index contributed by atoms with van der Waals surface area (Å²) in [6.07, 6.45) is 7.40. The van der Waals surface area contributed by atoms with Crippen LogP contribution in [0.5, 0.6) is 0 Å². The van der Waals surface area contributed by atoms with E-state index in [9.17, 15) is 0 Å². The van der Waals surface area contributed by atoms with Gasteiger partial charge >= 0.3 is 14.2 Å². The first-order valence-corrected chi connectivity index (χ1v) is 16.0. The van der Waals surface area contributed by atoms with Crippen molar-refractivity contribution in [3.8, 4) is 9.75 Å². The molecule has 202 valence electrons. The molecule has 0 bridgehead atoms. The molecule has 4 heterocycles. The fraction of sp³-hybridized carbons (Fsp3) is 0.724. The summed E-state index contributed by atoms with van der Waals surface area (Å²) in [4.78, 5) is 2.84. The van der Waals surface area contributed by atoms with E-state index in [0.717, 1.165) is 38.8 Å². The van der Waals surface area contributed by atoms with E-state index in [1.54, 1.807) is 0 Å². The van der Waals surface area contributed by atoms with Gasteiger partial charge in [0, 0.05) is 62.0 Å². The minimum absolute atomic E-state index is 0.0322. The molecule has 4 nitrogen and oxygen atoms in total. The van der Waals surface area contributed by atoms with Crippen molar-refractivity contribution in [1.82, 2.24) is 0 Å². The van der Waals surface area contributed by atoms with E-state index < -0.39 is 0 Å². The molecule has 8 heteroatoms. The number of fused-ring (bicyclic) bond motifs is 3. The van der Waals surface area contributed by atoms with Gasteiger partial charge in [-0.3, -0.25) is 0 Å². The second-order valence-corrected chi connectivity index (χ2v) is 15.2. The molecule has 2 aromatic rings. The molecule has 1 atom stereocenters. The van der Waals surface area contributed by atoms with Crippen LogP contribution in [0.25, 0.3) is 9.75 Å². The predicted octanol–water partition coefficient (Wildman–Crippen LogP) is 6.63. The van der Waals surface area contributed by atoms with Gasteiger partial charge in [0.15, 0.2) is 0 Å². The highest BCUT2D eigenvalue weighted by atomic mass is 32.1. The van der Waals surface area contributed by atoms with E-state index in [1.807, 2.05) is 22.7 Å². The van der Waals surface area contributed by atoms with Gasteiger partial charge in [0.05, 0.1) is 0 Å². The number of unbranched alkanes of at least 4 members (excludes halogenated alkanes) is 1. The van der Waals surface area contributed by atoms with E-state index >= 15 is 0 Å². The summed E-state index contributed by atoms with van der Waals surface area (Å²) < 4.78 is 27.4. The van der Waals surface area contributed by atoms with E-state index in [1.165, 1.54) is 62.5 Å². The molecule has 2 saturated heterocycles. The highest BCUT2D eigenvalue weighted by Crippen LogP contribution is 2.57. The van der Waals surface area contributed by atoms with Gasteiger partial charge in [-0.15, -0.1) is 22.7 Å². The molecule has 0 aromatic carbocycles. The standard InChI is InChI=1S/C29H44B2O4S2/c1-8-11-12-20(9-2)15-29(10-3)21-13-23(30-32-16-27(4,5)17-33-30)36-25(21)26-22(29)14-24(37-26)31-34-18-28(6,7)19-35-31/h13-14,20H,8-12,15-19H2,1-7H3. The van der Waals surface area contributed by atoms with Crippen LogP contribution in [0.15, 0.2) is 12.1 Å². The molecule has 0 spiro atoms. The van der Waals surface area contributed by atoms with Crippen LogP contribution in [0.4, 0.5) is 0 Å². The van der Waals surface area contributed by atoms with E-state index in [2.05, 4.69) is 60.6 Å². The van der Waals surface area contributed by atoms with Crippen molar-refractivity contribution < 1.29 is 18.6 Å². The van der Waals surface area contributed by atoms with Crippen molar-refractivity contribution >= 4 is 46.5 Å². The van der Waals surface area contributed by atoms with Crippen molar-refractivity contribution in [1.29, 1.82) is 0 Å². The van der Waals surface area contributed by atoms with Gasteiger partial charge < -0.3 is 18.6 Å². The van der Waals surface area contributed by atoms with Crippen LogP contribution in [0.2, 0.25) is 0 Å². The minimum Gasteiger partial charge on any atom is -0.406 e. The van der Waals surface area contributed by atoms with Gasteiger partial charge in [-0.05, 0) is 42.0 Å². The third kappa shape index (κ3) is 5.40. The summed E-state index contributed by atoms with van der Waals surface area (Å²) in [6.45, 7) is 18.8. The van der Waals surface area contributed by atoms with Crippen molar-refractivity contribution in [3.05, 3.63) is 23.3 Å². The van der Waals surface area contributed by atoms with Crippen molar-refractivity contribution in [2.24, 2.45) is 16.7 Å². The maximum atomic E-state index is 6.23. The molecule has 1 unspecified atom stereocenters. The fourth-order valence-electron chi connectivity index (χ4n) is 6.14. The molecular weight excluding hydrogens is 498 g/mol. The van der Waals surface area contributed by atoms with Gasteiger partial charge in [-0.2, -0.15) is 0 Å². The fourth-order valence-corrected chi connectivity index (χ4v) is 8.81. The molecule has 5 rings (SSSR count). The number of rotatable bonds is 9. The Bertz CT molecular complexity index is 1000. The molecule has 2 aromatic heterocycles. The van der Waals surface area contributed by atoms with Crippen LogP contribution in [0.3, 0.4) is 0 Å². The SMILES string of the molecule is CCCCC(CC)CC1(CC)c2cc(B3OCC(C)(C)CO3)sc2-c2sc(B3OCC(C)(C)CO3)cc21. The highest BCUT2D eigenvalue weighted by molar-refractivity contribution is 7.31. The smallest absolute Gasteiger partial charge is 0.406 e. The molecule has 37 heavy (non-hydrogen) atoms. The Morgan fingerprint density at radius 2 is 1.24 bits per heavy atom. The maximum absolute atomic E-state index is 6.23. The lowest BCUT2D eigenvalue weighted by atomic mass is 9.68. The van der Waals surface area contributed by atoms with Crippen LogP contribution in [0, 0.1) is 16.7 Å². The topological polar surface area (TPSA) is 36.9 Å². The summed E-state index contributed by atoms with van der Waals surface area (Å²) in [7, 11) is -0.509. The van der Waals surface area contributed by atoms with Crippen LogP contribution in [-0.2, 0) is 24.0 Å². The zero-order chi connectivity index (χ0) is 26.4. The average molecular weight is 542 g/mol. The summed E-state index contributed by atoms with van der Waals surface area (Å²) in [5.41, 5.74) is 3.18. The number of hydrogen-bond acceptors (Lipinski definition) is 6. The molecule has 1 aliphatic carbocycles. The average Bonchev–Trinajstić information content (AvgIpc) is 3.54. The molecule has 0 saturated carbocycles. The first kappa shape index (κ1) is 27.9. The Kier molecular flexibility index (Phi) is 8.10. The first-order chi connectivity index (χ1) is 17.6. The van der Waals surface area contributed by atoms with Crippen molar-refractivity contribution in [2.75, 3.05) is 26.4 Å². The Morgan fingerprint density at radius 3 is 1.62 bits per heavy atom. The Hall–Kier alpha value is -0.630. The normalized spacial score (nSPS) is 22.7. The molecule has 2 aliphatic heterocycles. The third-order valence-electron chi connectivity index (χ3n) is 8.49. The van der Waals surface area contributed by atoms with E-state index in [0.29, 0.717) is 0 Å². The monoisotopic (exact) mass is 542 g/mol. The van der Waals surface area contributed by atoms with Crippen LogP contribution >= 0.6 is 22.7 Å². The quantitative estimate of drug-likeness (QED) is 0.334. The Labute approximate surface area is 233 Å². The van der Waals surface area contributed by atoms with Gasteiger partial charge in [0.2, 0.25) is 0 Å². The number of hydrogen-bond donors (Lipinski definition) is 0. The van der Waals surface area contributed by atoms with Crippen molar-refractivity contribution in [2.45, 2.75) is 92.4 Å². The molecule has 0 N–H and O–H groups in total. The minimum atomic E-state index is -0.254. The Balaban J connectivity index is 1.52. The summed E-state index contributed by atoms with van der Waals surface area (Å²) in [5.74, 6) is 0.719. The number of thiophene rings is 2. The van der Waals surface area contributed by atoms with E-state index in [4.69, 9.17) is 18.6 Å². The molecule has 0 amide bonds. The molecule has 3 aliphatic rings. The summed E-state index contributed by atoms with van der Waals surface area (Å²) in [5, 5.41) is 0. The lowest BCUT2D eigenvalue weighted by molar-refractivity contribution is 0.0345. The zero-order valence-corrected chi connectivity index (χ0v) is 25.5. The van der Waals surface area contributed by atoms with Crippen LogP contribution in [0.1, 0.15) is 98.1 Å². The van der Waals surface area contributed by atoms with E-state index in [-0.39, 0.29) is 30.5 Å². The zero-order valence-electron chi connectivity index (χ0n) is 23.9. The van der Waals surface area contributed by atoms with Gasteiger partial charge in [-0.1, -0.05) is 74.1 Å². The predicted molar refractivity (Wildman–Crippen MR) is 159 cm³/mol. The molecule has 0 radical (unpaired) electrons. The van der Waals surface area contributed by atoms with Gasteiger partial charge in [0.25, 0.3) is 0 Å². The molecule has 2 fully saturated rings. The lowest BCUT2D eigenvalue weighted by Crippen LogP contribution is -2.46. The Morgan fingerprint density at radius 1 is 0.784 bits per heavy atom. The first-order valence-electron chi connectivity index (χ1n) is 14.4.